The number of nitrogens with one attached hydrogen (secondary N) is 2. The van der Waals surface area contributed by atoms with Crippen LogP contribution in [0.5, 0.6) is 0 Å². The van der Waals surface area contributed by atoms with Gasteiger partial charge in [-0.3, -0.25) is 14.4 Å². The standard InChI is InChI=1S/C14H18N2O3/c1-9(2)14(19)15-8-13(18)16-12-6-4-11(5-7-12)10(3)17/h4-7,9H,8H2,1-3H3,(H,15,19)(H,16,18). The summed E-state index contributed by atoms with van der Waals surface area (Å²) in [5, 5.41) is 5.16. The lowest BCUT2D eigenvalue weighted by atomic mass is 10.1. The van der Waals surface area contributed by atoms with Crippen molar-refractivity contribution >= 4 is 23.3 Å². The van der Waals surface area contributed by atoms with Crippen molar-refractivity contribution in [3.05, 3.63) is 29.8 Å². The van der Waals surface area contributed by atoms with E-state index in [-0.39, 0.29) is 30.1 Å². The van der Waals surface area contributed by atoms with Crippen LogP contribution in [-0.2, 0) is 9.59 Å². The summed E-state index contributed by atoms with van der Waals surface area (Å²) >= 11 is 0. The minimum atomic E-state index is -0.301. The Morgan fingerprint density at radius 3 is 2.16 bits per heavy atom. The molecule has 1 rings (SSSR count). The third-order valence-corrected chi connectivity index (χ3v) is 2.52. The van der Waals surface area contributed by atoms with E-state index in [0.717, 1.165) is 0 Å². The summed E-state index contributed by atoms with van der Waals surface area (Å²) in [5.41, 5.74) is 1.18. The van der Waals surface area contributed by atoms with Crippen molar-refractivity contribution in [1.29, 1.82) is 0 Å². The van der Waals surface area contributed by atoms with E-state index in [4.69, 9.17) is 0 Å². The van der Waals surface area contributed by atoms with Crippen LogP contribution in [-0.4, -0.2) is 24.1 Å². The van der Waals surface area contributed by atoms with E-state index in [1.54, 1.807) is 38.1 Å². The number of carbonyl (C=O) groups is 3. The first-order valence-electron chi connectivity index (χ1n) is 6.08. The summed E-state index contributed by atoms with van der Waals surface area (Å²) in [6, 6.07) is 6.59. The summed E-state index contributed by atoms with van der Waals surface area (Å²) in [6.07, 6.45) is 0. The third kappa shape index (κ3) is 4.91. The van der Waals surface area contributed by atoms with Crippen molar-refractivity contribution in [2.24, 2.45) is 5.92 Å². The Morgan fingerprint density at radius 1 is 1.11 bits per heavy atom. The van der Waals surface area contributed by atoms with Crippen LogP contribution < -0.4 is 10.6 Å². The van der Waals surface area contributed by atoms with E-state index < -0.39 is 0 Å². The summed E-state index contributed by atoms with van der Waals surface area (Å²) in [5.74, 6) is -0.642. The van der Waals surface area contributed by atoms with Crippen LogP contribution in [0.4, 0.5) is 5.69 Å². The van der Waals surface area contributed by atoms with E-state index in [1.807, 2.05) is 0 Å². The maximum absolute atomic E-state index is 11.6. The number of hydrogen-bond donors (Lipinski definition) is 2. The number of rotatable bonds is 5. The van der Waals surface area contributed by atoms with Crippen molar-refractivity contribution in [2.75, 3.05) is 11.9 Å². The highest BCUT2D eigenvalue weighted by Crippen LogP contribution is 2.09. The van der Waals surface area contributed by atoms with Crippen LogP contribution >= 0.6 is 0 Å². The second kappa shape index (κ2) is 6.68. The van der Waals surface area contributed by atoms with Gasteiger partial charge >= 0.3 is 0 Å². The van der Waals surface area contributed by atoms with Gasteiger partial charge in [-0.05, 0) is 31.2 Å². The number of anilines is 1. The van der Waals surface area contributed by atoms with Crippen molar-refractivity contribution in [3.8, 4) is 0 Å². The van der Waals surface area contributed by atoms with E-state index in [0.29, 0.717) is 11.3 Å². The van der Waals surface area contributed by atoms with Gasteiger partial charge in [0.1, 0.15) is 0 Å². The molecule has 0 bridgehead atoms. The number of Topliss-reactive ketones (excluding diaryl/α,β-unsaturated/α-hetero) is 1. The monoisotopic (exact) mass is 262 g/mol. The predicted molar refractivity (Wildman–Crippen MR) is 72.9 cm³/mol. The molecular formula is C14H18N2O3. The van der Waals surface area contributed by atoms with Gasteiger partial charge in [0.05, 0.1) is 6.54 Å². The molecule has 0 aliphatic heterocycles. The molecule has 0 aromatic heterocycles. The molecule has 1 aromatic carbocycles. The Morgan fingerprint density at radius 2 is 1.68 bits per heavy atom. The van der Waals surface area contributed by atoms with E-state index in [2.05, 4.69) is 10.6 Å². The predicted octanol–water partition coefficient (Wildman–Crippen LogP) is 1.60. The Labute approximate surface area is 112 Å². The molecule has 2 amide bonds. The highest BCUT2D eigenvalue weighted by molar-refractivity contribution is 5.96. The Kier molecular flexibility index (Phi) is 5.23. The van der Waals surface area contributed by atoms with Crippen molar-refractivity contribution in [2.45, 2.75) is 20.8 Å². The minimum Gasteiger partial charge on any atom is -0.347 e. The van der Waals surface area contributed by atoms with Gasteiger partial charge in [0.25, 0.3) is 0 Å². The molecule has 5 nitrogen and oxygen atoms in total. The molecule has 0 fully saturated rings. The van der Waals surface area contributed by atoms with E-state index >= 15 is 0 Å². The zero-order valence-corrected chi connectivity index (χ0v) is 11.3. The van der Waals surface area contributed by atoms with Gasteiger partial charge in [-0.25, -0.2) is 0 Å². The topological polar surface area (TPSA) is 75.3 Å². The van der Waals surface area contributed by atoms with Gasteiger partial charge in [-0.1, -0.05) is 13.8 Å². The fraction of sp³-hybridized carbons (Fsp3) is 0.357. The molecule has 0 spiro atoms. The van der Waals surface area contributed by atoms with E-state index in [9.17, 15) is 14.4 Å². The first-order valence-corrected chi connectivity index (χ1v) is 6.08. The highest BCUT2D eigenvalue weighted by Gasteiger charge is 2.09. The number of ketones is 1. The van der Waals surface area contributed by atoms with Crippen LogP contribution in [0, 0.1) is 5.92 Å². The Hall–Kier alpha value is -2.17. The quantitative estimate of drug-likeness (QED) is 0.791. The number of amides is 2. The van der Waals surface area contributed by atoms with E-state index in [1.165, 1.54) is 6.92 Å². The molecule has 0 heterocycles. The van der Waals surface area contributed by atoms with Crippen LogP contribution in [0.15, 0.2) is 24.3 Å². The maximum Gasteiger partial charge on any atom is 0.243 e. The van der Waals surface area contributed by atoms with Crippen LogP contribution in [0.25, 0.3) is 0 Å². The molecule has 0 aliphatic rings. The smallest absolute Gasteiger partial charge is 0.243 e. The van der Waals surface area contributed by atoms with Gasteiger partial charge in [-0.15, -0.1) is 0 Å². The summed E-state index contributed by atoms with van der Waals surface area (Å²) < 4.78 is 0. The molecule has 102 valence electrons. The lowest BCUT2D eigenvalue weighted by Crippen LogP contribution is -2.35. The molecule has 2 N–H and O–H groups in total. The van der Waals surface area contributed by atoms with Crippen molar-refractivity contribution in [1.82, 2.24) is 5.32 Å². The molecule has 0 saturated heterocycles. The molecule has 0 unspecified atom stereocenters. The van der Waals surface area contributed by atoms with Gasteiger partial charge < -0.3 is 10.6 Å². The molecule has 0 saturated carbocycles. The number of benzene rings is 1. The SMILES string of the molecule is CC(=O)c1ccc(NC(=O)CNC(=O)C(C)C)cc1. The van der Waals surface area contributed by atoms with Crippen molar-refractivity contribution in [3.63, 3.8) is 0 Å². The van der Waals surface area contributed by atoms with Crippen molar-refractivity contribution < 1.29 is 14.4 Å². The fourth-order valence-electron chi connectivity index (χ4n) is 1.36. The number of hydrogen-bond acceptors (Lipinski definition) is 3. The first-order chi connectivity index (χ1) is 8.90. The fourth-order valence-corrected chi connectivity index (χ4v) is 1.36. The van der Waals surface area contributed by atoms with Crippen LogP contribution in [0.3, 0.4) is 0 Å². The normalized spacial score (nSPS) is 10.1. The zero-order chi connectivity index (χ0) is 14.4. The third-order valence-electron chi connectivity index (χ3n) is 2.52. The summed E-state index contributed by atoms with van der Waals surface area (Å²) in [4.78, 5) is 33.9. The second-order valence-electron chi connectivity index (χ2n) is 4.55. The molecule has 0 aliphatic carbocycles. The maximum atomic E-state index is 11.6. The molecular weight excluding hydrogens is 244 g/mol. The average molecular weight is 262 g/mol. The summed E-state index contributed by atoms with van der Waals surface area (Å²) in [7, 11) is 0. The Bertz CT molecular complexity index is 478. The second-order valence-corrected chi connectivity index (χ2v) is 4.55. The molecule has 1 aromatic rings. The molecule has 0 radical (unpaired) electrons. The average Bonchev–Trinajstić information content (AvgIpc) is 2.36. The lowest BCUT2D eigenvalue weighted by Gasteiger charge is -2.08. The molecule has 5 heteroatoms. The van der Waals surface area contributed by atoms with Gasteiger partial charge in [0, 0.05) is 17.2 Å². The van der Waals surface area contributed by atoms with Gasteiger partial charge in [0.15, 0.2) is 5.78 Å². The zero-order valence-electron chi connectivity index (χ0n) is 11.3. The highest BCUT2D eigenvalue weighted by atomic mass is 16.2. The Balaban J connectivity index is 2.48. The summed E-state index contributed by atoms with van der Waals surface area (Å²) in [6.45, 7) is 4.93. The largest absolute Gasteiger partial charge is 0.347 e. The molecule has 19 heavy (non-hydrogen) atoms. The van der Waals surface area contributed by atoms with Crippen LogP contribution in [0.2, 0.25) is 0 Å². The van der Waals surface area contributed by atoms with Crippen LogP contribution in [0.1, 0.15) is 31.1 Å². The van der Waals surface area contributed by atoms with Gasteiger partial charge in [-0.2, -0.15) is 0 Å². The van der Waals surface area contributed by atoms with Gasteiger partial charge in [0.2, 0.25) is 11.8 Å². The lowest BCUT2D eigenvalue weighted by molar-refractivity contribution is -0.126. The number of carbonyl (C=O) groups excluding carboxylic acids is 3. The molecule has 0 atom stereocenters. The first kappa shape index (κ1) is 14.9. The minimum absolute atomic E-state index is 0.0259.